The second-order valence-corrected chi connectivity index (χ2v) is 4.03. The fourth-order valence-electron chi connectivity index (χ4n) is 1.33. The van der Waals surface area contributed by atoms with Crippen LogP contribution in [0, 0.1) is 6.92 Å². The summed E-state index contributed by atoms with van der Waals surface area (Å²) in [5.74, 6) is -0.856. The Kier molecular flexibility index (Phi) is 4.14. The summed E-state index contributed by atoms with van der Waals surface area (Å²) >= 11 is 3.36. The van der Waals surface area contributed by atoms with Crippen molar-refractivity contribution in [2.45, 2.75) is 19.8 Å². The van der Waals surface area contributed by atoms with Crippen molar-refractivity contribution < 1.29 is 9.90 Å². The molecule has 3 heteroatoms. The van der Waals surface area contributed by atoms with Crippen LogP contribution in [0.3, 0.4) is 0 Å². The quantitative estimate of drug-likeness (QED) is 0.842. The zero-order valence-corrected chi connectivity index (χ0v) is 9.67. The van der Waals surface area contributed by atoms with Crippen LogP contribution in [0.4, 0.5) is 0 Å². The third kappa shape index (κ3) is 2.84. The van der Waals surface area contributed by atoms with Gasteiger partial charge in [0, 0.05) is 5.33 Å². The fraction of sp³-hybridized carbons (Fsp3) is 0.364. The highest BCUT2D eigenvalue weighted by Gasteiger charge is 2.05. The molecule has 0 amide bonds. The van der Waals surface area contributed by atoms with E-state index in [4.69, 9.17) is 5.11 Å². The molecule has 0 aliphatic heterocycles. The molecular weight excluding hydrogens is 244 g/mol. The molecule has 0 atom stereocenters. The molecule has 0 aliphatic carbocycles. The van der Waals surface area contributed by atoms with E-state index in [1.807, 2.05) is 13.0 Å². The number of aromatic carboxylic acids is 1. The predicted octanol–water partition coefficient (Wildman–Crippen LogP) is 3.02. The maximum Gasteiger partial charge on any atom is 0.335 e. The number of aryl methyl sites for hydroxylation is 2. The molecule has 0 saturated heterocycles. The third-order valence-electron chi connectivity index (χ3n) is 2.18. The first-order valence-corrected chi connectivity index (χ1v) is 5.66. The standard InChI is InChI=1S/C11H13BrO2/c1-8-4-5-10(11(13)14)7-9(8)3-2-6-12/h4-5,7H,2-3,6H2,1H3,(H,13,14). The Balaban J connectivity index is 2.90. The third-order valence-corrected chi connectivity index (χ3v) is 2.74. The molecule has 0 aromatic heterocycles. The Morgan fingerprint density at radius 2 is 2.21 bits per heavy atom. The monoisotopic (exact) mass is 256 g/mol. The van der Waals surface area contributed by atoms with E-state index in [9.17, 15) is 4.79 Å². The molecule has 14 heavy (non-hydrogen) atoms. The number of halogens is 1. The van der Waals surface area contributed by atoms with E-state index < -0.39 is 5.97 Å². The topological polar surface area (TPSA) is 37.3 Å². The van der Waals surface area contributed by atoms with Crippen molar-refractivity contribution in [3.05, 3.63) is 34.9 Å². The van der Waals surface area contributed by atoms with Gasteiger partial charge in [-0.05, 0) is 43.0 Å². The predicted molar refractivity (Wildman–Crippen MR) is 60.3 cm³/mol. The molecule has 1 aromatic rings. The SMILES string of the molecule is Cc1ccc(C(=O)O)cc1CCCBr. The lowest BCUT2D eigenvalue weighted by Crippen LogP contribution is -1.99. The van der Waals surface area contributed by atoms with Gasteiger partial charge in [-0.1, -0.05) is 22.0 Å². The van der Waals surface area contributed by atoms with Crippen LogP contribution < -0.4 is 0 Å². The molecule has 0 heterocycles. The van der Waals surface area contributed by atoms with Gasteiger partial charge in [0.1, 0.15) is 0 Å². The average molecular weight is 257 g/mol. The summed E-state index contributed by atoms with van der Waals surface area (Å²) in [5.41, 5.74) is 2.67. The van der Waals surface area contributed by atoms with Crippen molar-refractivity contribution in [1.29, 1.82) is 0 Å². The molecule has 0 fully saturated rings. The second kappa shape index (κ2) is 5.15. The molecule has 2 nitrogen and oxygen atoms in total. The zero-order chi connectivity index (χ0) is 10.6. The van der Waals surface area contributed by atoms with Gasteiger partial charge in [0.15, 0.2) is 0 Å². The Labute approximate surface area is 92.1 Å². The molecule has 1 aromatic carbocycles. The van der Waals surface area contributed by atoms with Gasteiger partial charge < -0.3 is 5.11 Å². The number of carboxylic acids is 1. The number of carboxylic acid groups (broad SMARTS) is 1. The average Bonchev–Trinajstić information content (AvgIpc) is 2.16. The molecule has 1 rings (SSSR count). The first-order chi connectivity index (χ1) is 6.65. The second-order valence-electron chi connectivity index (χ2n) is 3.24. The summed E-state index contributed by atoms with van der Waals surface area (Å²) in [5, 5.41) is 9.76. The van der Waals surface area contributed by atoms with Gasteiger partial charge in [-0.2, -0.15) is 0 Å². The van der Waals surface area contributed by atoms with Crippen molar-refractivity contribution in [2.24, 2.45) is 0 Å². The van der Waals surface area contributed by atoms with E-state index in [0.29, 0.717) is 5.56 Å². The molecule has 0 spiro atoms. The summed E-state index contributed by atoms with van der Waals surface area (Å²) in [6, 6.07) is 5.28. The van der Waals surface area contributed by atoms with Gasteiger partial charge in [-0.3, -0.25) is 0 Å². The van der Waals surface area contributed by atoms with E-state index in [0.717, 1.165) is 29.3 Å². The van der Waals surface area contributed by atoms with Crippen molar-refractivity contribution in [3.8, 4) is 0 Å². The molecule has 0 radical (unpaired) electrons. The van der Waals surface area contributed by atoms with Crippen LogP contribution >= 0.6 is 15.9 Å². The highest BCUT2D eigenvalue weighted by Crippen LogP contribution is 2.13. The number of carbonyl (C=O) groups is 1. The number of benzene rings is 1. The molecule has 0 saturated carbocycles. The minimum absolute atomic E-state index is 0.375. The van der Waals surface area contributed by atoms with Crippen LogP contribution in [0.25, 0.3) is 0 Å². The molecule has 0 unspecified atom stereocenters. The summed E-state index contributed by atoms with van der Waals surface area (Å²) in [7, 11) is 0. The Bertz CT molecular complexity index is 334. The highest BCUT2D eigenvalue weighted by molar-refractivity contribution is 9.09. The smallest absolute Gasteiger partial charge is 0.335 e. The first kappa shape index (κ1) is 11.2. The maximum atomic E-state index is 10.7. The van der Waals surface area contributed by atoms with Gasteiger partial charge in [-0.25, -0.2) is 4.79 Å². The lowest BCUT2D eigenvalue weighted by Gasteiger charge is -2.05. The van der Waals surface area contributed by atoms with Crippen LogP contribution in [-0.4, -0.2) is 16.4 Å². The fourth-order valence-corrected chi connectivity index (χ4v) is 1.61. The van der Waals surface area contributed by atoms with Crippen LogP contribution in [0.2, 0.25) is 0 Å². The lowest BCUT2D eigenvalue weighted by atomic mass is 10.0. The number of alkyl halides is 1. The van der Waals surface area contributed by atoms with E-state index >= 15 is 0 Å². The van der Waals surface area contributed by atoms with Crippen molar-refractivity contribution in [3.63, 3.8) is 0 Å². The van der Waals surface area contributed by atoms with Crippen molar-refractivity contribution >= 4 is 21.9 Å². The summed E-state index contributed by atoms with van der Waals surface area (Å²) in [4.78, 5) is 10.7. The Morgan fingerprint density at radius 3 is 2.79 bits per heavy atom. The van der Waals surface area contributed by atoms with Gasteiger partial charge in [0.25, 0.3) is 0 Å². The highest BCUT2D eigenvalue weighted by atomic mass is 79.9. The summed E-state index contributed by atoms with van der Waals surface area (Å²) in [6.07, 6.45) is 1.96. The van der Waals surface area contributed by atoms with Crippen LogP contribution in [0.1, 0.15) is 27.9 Å². The van der Waals surface area contributed by atoms with Gasteiger partial charge >= 0.3 is 5.97 Å². The van der Waals surface area contributed by atoms with Crippen LogP contribution in [0.5, 0.6) is 0 Å². The van der Waals surface area contributed by atoms with Crippen molar-refractivity contribution in [1.82, 2.24) is 0 Å². The molecule has 0 bridgehead atoms. The van der Waals surface area contributed by atoms with E-state index in [-0.39, 0.29) is 0 Å². The van der Waals surface area contributed by atoms with Gasteiger partial charge in [0.2, 0.25) is 0 Å². The van der Waals surface area contributed by atoms with Crippen LogP contribution in [0.15, 0.2) is 18.2 Å². The normalized spacial score (nSPS) is 10.1. The van der Waals surface area contributed by atoms with Gasteiger partial charge in [-0.15, -0.1) is 0 Å². The molecule has 0 aliphatic rings. The van der Waals surface area contributed by atoms with E-state index in [1.54, 1.807) is 12.1 Å². The zero-order valence-electron chi connectivity index (χ0n) is 8.09. The molecular formula is C11H13BrO2. The lowest BCUT2D eigenvalue weighted by molar-refractivity contribution is 0.0697. The van der Waals surface area contributed by atoms with Gasteiger partial charge in [0.05, 0.1) is 5.56 Å². The molecule has 1 N–H and O–H groups in total. The number of rotatable bonds is 4. The maximum absolute atomic E-state index is 10.7. The Morgan fingerprint density at radius 1 is 1.50 bits per heavy atom. The number of hydrogen-bond donors (Lipinski definition) is 1. The summed E-state index contributed by atoms with van der Waals surface area (Å²) < 4.78 is 0. The number of hydrogen-bond acceptors (Lipinski definition) is 1. The largest absolute Gasteiger partial charge is 0.478 e. The summed E-state index contributed by atoms with van der Waals surface area (Å²) in [6.45, 7) is 2.01. The van der Waals surface area contributed by atoms with Crippen LogP contribution in [-0.2, 0) is 6.42 Å². The minimum Gasteiger partial charge on any atom is -0.478 e. The van der Waals surface area contributed by atoms with Crippen molar-refractivity contribution in [2.75, 3.05) is 5.33 Å². The van der Waals surface area contributed by atoms with E-state index in [2.05, 4.69) is 15.9 Å². The Hall–Kier alpha value is -0.830. The van der Waals surface area contributed by atoms with E-state index in [1.165, 1.54) is 0 Å². The first-order valence-electron chi connectivity index (χ1n) is 4.54. The minimum atomic E-state index is -0.856. The molecule has 76 valence electrons.